The molecule has 1 aromatic carbocycles. The van der Waals surface area contributed by atoms with E-state index in [9.17, 15) is 9.59 Å². The van der Waals surface area contributed by atoms with Crippen molar-refractivity contribution in [2.24, 2.45) is 5.92 Å². The van der Waals surface area contributed by atoms with E-state index in [0.29, 0.717) is 16.8 Å². The number of nitrogens with one attached hydrogen (secondary N) is 1. The molecule has 0 spiro atoms. The number of carbonyl (C=O) groups excluding carboxylic acids is 2. The number of rotatable bonds is 4. The number of carbonyl (C=O) groups is 2. The van der Waals surface area contributed by atoms with Crippen LogP contribution in [0, 0.1) is 17.2 Å². The number of nitrogens with zero attached hydrogens (tertiary/aromatic N) is 4. The molecule has 0 bridgehead atoms. The fourth-order valence-electron chi connectivity index (χ4n) is 3.21. The lowest BCUT2D eigenvalue weighted by Crippen LogP contribution is -2.38. The van der Waals surface area contributed by atoms with Crippen molar-refractivity contribution in [1.29, 1.82) is 5.26 Å². The summed E-state index contributed by atoms with van der Waals surface area (Å²) in [6.45, 7) is 1.49. The second-order valence-corrected chi connectivity index (χ2v) is 7.04. The van der Waals surface area contributed by atoms with Gasteiger partial charge < -0.3 is 15.1 Å². The average Bonchev–Trinajstić information content (AvgIpc) is 2.74. The molecular formula is C21H23N5O2. The van der Waals surface area contributed by atoms with E-state index in [2.05, 4.69) is 21.3 Å². The quantitative estimate of drug-likeness (QED) is 0.884. The largest absolute Gasteiger partial charge is 0.357 e. The van der Waals surface area contributed by atoms with Crippen LogP contribution < -0.4 is 10.2 Å². The minimum absolute atomic E-state index is 0.000811. The maximum Gasteiger partial charge on any atom is 0.253 e. The van der Waals surface area contributed by atoms with Gasteiger partial charge in [-0.25, -0.2) is 4.98 Å². The molecule has 7 nitrogen and oxygen atoms in total. The van der Waals surface area contributed by atoms with Crippen LogP contribution in [0.4, 0.5) is 11.5 Å². The lowest BCUT2D eigenvalue weighted by Gasteiger charge is -2.32. The van der Waals surface area contributed by atoms with Crippen molar-refractivity contribution < 1.29 is 9.59 Å². The molecule has 0 saturated carbocycles. The lowest BCUT2D eigenvalue weighted by molar-refractivity contribution is -0.120. The number of pyridine rings is 1. The number of amides is 2. The van der Waals surface area contributed by atoms with Crippen LogP contribution in [-0.2, 0) is 4.79 Å². The van der Waals surface area contributed by atoms with Gasteiger partial charge in [-0.1, -0.05) is 0 Å². The molecule has 1 N–H and O–H groups in total. The van der Waals surface area contributed by atoms with Crippen LogP contribution >= 0.6 is 0 Å². The van der Waals surface area contributed by atoms with Crippen LogP contribution in [0.15, 0.2) is 42.6 Å². The number of aromatic nitrogens is 1. The Morgan fingerprint density at radius 1 is 1.14 bits per heavy atom. The maximum atomic E-state index is 12.6. The summed E-state index contributed by atoms with van der Waals surface area (Å²) in [6.07, 6.45) is 3.05. The van der Waals surface area contributed by atoms with Gasteiger partial charge >= 0.3 is 0 Å². The monoisotopic (exact) mass is 377 g/mol. The number of hydrogen-bond acceptors (Lipinski definition) is 5. The lowest BCUT2D eigenvalue weighted by atomic mass is 9.95. The van der Waals surface area contributed by atoms with E-state index < -0.39 is 0 Å². The molecule has 144 valence electrons. The van der Waals surface area contributed by atoms with Crippen molar-refractivity contribution in [3.05, 3.63) is 53.7 Å². The minimum atomic E-state index is -0.0679. The summed E-state index contributed by atoms with van der Waals surface area (Å²) in [4.78, 5) is 32.5. The first-order valence-electron chi connectivity index (χ1n) is 9.21. The normalized spacial score (nSPS) is 14.2. The highest BCUT2D eigenvalue weighted by Crippen LogP contribution is 2.23. The van der Waals surface area contributed by atoms with E-state index in [1.165, 1.54) is 4.90 Å². The molecule has 2 aromatic rings. The minimum Gasteiger partial charge on any atom is -0.357 e. The van der Waals surface area contributed by atoms with E-state index in [-0.39, 0.29) is 17.7 Å². The molecule has 1 aromatic heterocycles. The van der Waals surface area contributed by atoms with Gasteiger partial charge in [-0.05, 0) is 49.2 Å². The summed E-state index contributed by atoms with van der Waals surface area (Å²) in [5.41, 5.74) is 1.82. The Hall–Kier alpha value is -3.40. The third-order valence-corrected chi connectivity index (χ3v) is 4.87. The van der Waals surface area contributed by atoms with Gasteiger partial charge in [0, 0.05) is 50.6 Å². The third-order valence-electron chi connectivity index (χ3n) is 4.87. The standard InChI is InChI=1S/C21H23N5O2/c1-25(2)21(28)17-4-6-18(7-5-17)24-20(27)16-9-11-26(12-10-16)19-8-3-15(13-22)14-23-19/h3-8,14,16H,9-12H2,1-2H3,(H,24,27). The summed E-state index contributed by atoms with van der Waals surface area (Å²) in [7, 11) is 3.41. The molecule has 0 unspecified atom stereocenters. The first-order chi connectivity index (χ1) is 13.5. The van der Waals surface area contributed by atoms with Gasteiger partial charge in [-0.2, -0.15) is 5.26 Å². The van der Waals surface area contributed by atoms with E-state index in [1.54, 1.807) is 50.6 Å². The topological polar surface area (TPSA) is 89.3 Å². The van der Waals surface area contributed by atoms with E-state index >= 15 is 0 Å². The van der Waals surface area contributed by atoms with Crippen LogP contribution in [0.5, 0.6) is 0 Å². The van der Waals surface area contributed by atoms with Crippen LogP contribution in [0.25, 0.3) is 0 Å². The molecule has 2 amide bonds. The predicted octanol–water partition coefficient (Wildman–Crippen LogP) is 2.51. The number of benzene rings is 1. The summed E-state index contributed by atoms with van der Waals surface area (Å²) < 4.78 is 0. The molecule has 1 fully saturated rings. The fourth-order valence-corrected chi connectivity index (χ4v) is 3.21. The van der Waals surface area contributed by atoms with Crippen LogP contribution in [0.3, 0.4) is 0 Å². The highest BCUT2D eigenvalue weighted by atomic mass is 16.2. The number of anilines is 2. The Kier molecular flexibility index (Phi) is 5.90. The van der Waals surface area contributed by atoms with Gasteiger partial charge in [0.05, 0.1) is 5.56 Å². The molecule has 0 aliphatic carbocycles. The maximum absolute atomic E-state index is 12.6. The Morgan fingerprint density at radius 3 is 2.36 bits per heavy atom. The van der Waals surface area contributed by atoms with Gasteiger partial charge in [0.2, 0.25) is 5.91 Å². The zero-order valence-electron chi connectivity index (χ0n) is 16.1. The molecule has 1 saturated heterocycles. The van der Waals surface area contributed by atoms with Gasteiger partial charge in [0.1, 0.15) is 11.9 Å². The molecular weight excluding hydrogens is 354 g/mol. The third kappa shape index (κ3) is 4.46. The summed E-state index contributed by atoms with van der Waals surface area (Å²) in [6, 6.07) is 12.6. The molecule has 3 rings (SSSR count). The highest BCUT2D eigenvalue weighted by Gasteiger charge is 2.25. The van der Waals surface area contributed by atoms with Crippen molar-refractivity contribution in [3.63, 3.8) is 0 Å². The van der Waals surface area contributed by atoms with Crippen molar-refractivity contribution in [3.8, 4) is 6.07 Å². The number of hydrogen-bond donors (Lipinski definition) is 1. The summed E-state index contributed by atoms with van der Waals surface area (Å²) >= 11 is 0. The Labute approximate surface area is 164 Å². The van der Waals surface area contributed by atoms with Gasteiger partial charge in [-0.3, -0.25) is 9.59 Å². The summed E-state index contributed by atoms with van der Waals surface area (Å²) in [5.74, 6) is 0.706. The first kappa shape index (κ1) is 19.4. The first-order valence-corrected chi connectivity index (χ1v) is 9.21. The van der Waals surface area contributed by atoms with E-state index in [4.69, 9.17) is 5.26 Å². The molecule has 1 aliphatic rings. The van der Waals surface area contributed by atoms with Crippen LogP contribution in [0.1, 0.15) is 28.8 Å². The van der Waals surface area contributed by atoms with Crippen molar-refractivity contribution >= 4 is 23.3 Å². The van der Waals surface area contributed by atoms with Gasteiger partial charge in [-0.15, -0.1) is 0 Å². The average molecular weight is 377 g/mol. The zero-order valence-corrected chi connectivity index (χ0v) is 16.1. The Bertz CT molecular complexity index is 877. The van der Waals surface area contributed by atoms with Crippen molar-refractivity contribution in [1.82, 2.24) is 9.88 Å². The second-order valence-electron chi connectivity index (χ2n) is 7.04. The molecule has 0 radical (unpaired) electrons. The number of nitriles is 1. The molecule has 2 heterocycles. The fraction of sp³-hybridized carbons (Fsp3) is 0.333. The van der Waals surface area contributed by atoms with Crippen LogP contribution in [-0.4, -0.2) is 48.9 Å². The second kappa shape index (κ2) is 8.53. The van der Waals surface area contributed by atoms with Crippen molar-refractivity contribution in [2.75, 3.05) is 37.4 Å². The van der Waals surface area contributed by atoms with Crippen molar-refractivity contribution in [2.45, 2.75) is 12.8 Å². The van der Waals surface area contributed by atoms with Gasteiger partial charge in [0.15, 0.2) is 0 Å². The predicted molar refractivity (Wildman–Crippen MR) is 107 cm³/mol. The Morgan fingerprint density at radius 2 is 1.82 bits per heavy atom. The van der Waals surface area contributed by atoms with E-state index in [1.807, 2.05) is 6.07 Å². The smallest absolute Gasteiger partial charge is 0.253 e. The molecule has 1 aliphatic heterocycles. The van der Waals surface area contributed by atoms with Crippen LogP contribution in [0.2, 0.25) is 0 Å². The molecule has 0 atom stereocenters. The van der Waals surface area contributed by atoms with Gasteiger partial charge in [0.25, 0.3) is 5.91 Å². The van der Waals surface area contributed by atoms with E-state index in [0.717, 1.165) is 31.7 Å². The zero-order chi connectivity index (χ0) is 20.1. The SMILES string of the molecule is CN(C)C(=O)c1ccc(NC(=O)C2CCN(c3ccc(C#N)cn3)CC2)cc1. The number of piperidine rings is 1. The summed E-state index contributed by atoms with van der Waals surface area (Å²) in [5, 5.41) is 11.8. The highest BCUT2D eigenvalue weighted by molar-refractivity contribution is 5.96. The molecule has 28 heavy (non-hydrogen) atoms. The Balaban J connectivity index is 1.53. The molecule has 7 heteroatoms.